The lowest BCUT2D eigenvalue weighted by Gasteiger charge is -2.31. The maximum absolute atomic E-state index is 14.9. The highest BCUT2D eigenvalue weighted by Crippen LogP contribution is 2.29. The SMILES string of the molecule is NC(=O)N(c1ccc(Cl)cc1)C(C(=O)NC1C=C/C(=N\N2CCCC2)C=C1F)c1ccccc1. The number of nitrogens with one attached hydrogen (secondary N) is 1. The fraction of sp³-hybridized carbons (Fsp3) is 0.240. The van der Waals surface area contributed by atoms with E-state index in [1.807, 2.05) is 5.01 Å². The van der Waals surface area contributed by atoms with Gasteiger partial charge in [-0.15, -0.1) is 0 Å². The van der Waals surface area contributed by atoms with Crippen molar-refractivity contribution >= 4 is 34.9 Å². The van der Waals surface area contributed by atoms with Crippen molar-refractivity contribution < 1.29 is 14.0 Å². The lowest BCUT2D eigenvalue weighted by Crippen LogP contribution is -2.48. The lowest BCUT2D eigenvalue weighted by molar-refractivity contribution is -0.122. The van der Waals surface area contributed by atoms with Gasteiger partial charge in [0.2, 0.25) is 5.91 Å². The molecule has 34 heavy (non-hydrogen) atoms. The number of rotatable bonds is 6. The first-order valence-electron chi connectivity index (χ1n) is 11.0. The van der Waals surface area contributed by atoms with E-state index in [-0.39, 0.29) is 0 Å². The number of benzene rings is 2. The van der Waals surface area contributed by atoms with Crippen LogP contribution >= 0.6 is 11.6 Å². The molecular weight excluding hydrogens is 457 g/mol. The fourth-order valence-electron chi connectivity index (χ4n) is 4.00. The zero-order valence-electron chi connectivity index (χ0n) is 18.4. The number of primary amides is 1. The van der Waals surface area contributed by atoms with Gasteiger partial charge in [-0.25, -0.2) is 9.18 Å². The first-order valence-corrected chi connectivity index (χ1v) is 11.4. The number of nitrogens with zero attached hydrogens (tertiary/aromatic N) is 3. The van der Waals surface area contributed by atoms with Crippen molar-refractivity contribution in [3.8, 4) is 0 Å². The zero-order chi connectivity index (χ0) is 24.1. The summed E-state index contributed by atoms with van der Waals surface area (Å²) in [6, 6.07) is 12.1. The molecule has 4 rings (SSSR count). The molecule has 0 saturated carbocycles. The van der Waals surface area contributed by atoms with Crippen LogP contribution in [-0.4, -0.2) is 41.8 Å². The van der Waals surface area contributed by atoms with Crippen LogP contribution in [0.2, 0.25) is 5.02 Å². The van der Waals surface area contributed by atoms with Gasteiger partial charge in [0.1, 0.15) is 11.9 Å². The summed E-state index contributed by atoms with van der Waals surface area (Å²) in [4.78, 5) is 27.1. The van der Waals surface area contributed by atoms with Gasteiger partial charge in [0.05, 0.1) is 11.8 Å². The molecule has 2 unspecified atom stereocenters. The van der Waals surface area contributed by atoms with Crippen molar-refractivity contribution in [3.63, 3.8) is 0 Å². The topological polar surface area (TPSA) is 91.0 Å². The van der Waals surface area contributed by atoms with Crippen molar-refractivity contribution in [1.82, 2.24) is 10.3 Å². The summed E-state index contributed by atoms with van der Waals surface area (Å²) in [6.45, 7) is 1.69. The standard InChI is InChI=1S/C25H25ClFN5O2/c26-18-8-11-20(12-9-18)32(25(28)34)23(17-6-2-1-3-7-17)24(33)29-22-13-10-19(16-21(22)27)30-31-14-4-5-15-31/h1-3,6-13,16,22-23H,4-5,14-15H2,(H2,28,34)(H,29,33)/b30-19+. The molecule has 9 heteroatoms. The predicted octanol–water partition coefficient (Wildman–Crippen LogP) is 4.33. The van der Waals surface area contributed by atoms with Crippen LogP contribution in [0.3, 0.4) is 0 Å². The third kappa shape index (κ3) is 5.46. The number of amides is 3. The number of halogens is 2. The Morgan fingerprint density at radius 3 is 2.41 bits per heavy atom. The summed E-state index contributed by atoms with van der Waals surface area (Å²) in [7, 11) is 0. The van der Waals surface area contributed by atoms with Crippen LogP contribution in [0.25, 0.3) is 0 Å². The molecule has 1 fully saturated rings. The average molecular weight is 482 g/mol. The molecule has 0 spiro atoms. The molecule has 2 atom stereocenters. The molecule has 1 aliphatic carbocycles. The average Bonchev–Trinajstić information content (AvgIpc) is 3.33. The Bertz CT molecular complexity index is 1130. The number of allylic oxidation sites excluding steroid dienone is 2. The van der Waals surface area contributed by atoms with E-state index in [4.69, 9.17) is 17.3 Å². The number of carbonyl (C=O) groups excluding carboxylic acids is 2. The highest BCUT2D eigenvalue weighted by molar-refractivity contribution is 6.30. The van der Waals surface area contributed by atoms with Gasteiger partial charge in [0.25, 0.3) is 0 Å². The first-order chi connectivity index (χ1) is 16.4. The molecule has 3 N–H and O–H groups in total. The second-order valence-electron chi connectivity index (χ2n) is 8.06. The summed E-state index contributed by atoms with van der Waals surface area (Å²) in [5.74, 6) is -1.13. The summed E-state index contributed by atoms with van der Waals surface area (Å²) < 4.78 is 14.9. The number of urea groups is 1. The summed E-state index contributed by atoms with van der Waals surface area (Å²) in [5, 5.41) is 9.50. The molecule has 1 heterocycles. The Hall–Kier alpha value is -3.65. The minimum absolute atomic E-state index is 0.385. The Kier molecular flexibility index (Phi) is 7.27. The summed E-state index contributed by atoms with van der Waals surface area (Å²) in [6.07, 6.45) is 6.66. The van der Waals surface area contributed by atoms with Crippen molar-refractivity contribution in [3.05, 3.63) is 89.2 Å². The van der Waals surface area contributed by atoms with E-state index in [2.05, 4.69) is 10.4 Å². The highest BCUT2D eigenvalue weighted by atomic mass is 35.5. The van der Waals surface area contributed by atoms with E-state index < -0.39 is 29.8 Å². The normalized spacial score (nSPS) is 19.6. The van der Waals surface area contributed by atoms with Crippen molar-refractivity contribution in [1.29, 1.82) is 0 Å². The van der Waals surface area contributed by atoms with Gasteiger partial charge in [-0.05, 0) is 54.8 Å². The molecule has 0 radical (unpaired) electrons. The van der Waals surface area contributed by atoms with Crippen LogP contribution in [0, 0.1) is 0 Å². The molecule has 2 aromatic rings. The Morgan fingerprint density at radius 2 is 1.79 bits per heavy atom. The third-order valence-electron chi connectivity index (χ3n) is 5.64. The van der Waals surface area contributed by atoms with E-state index in [1.165, 1.54) is 6.08 Å². The van der Waals surface area contributed by atoms with Crippen molar-refractivity contribution in [2.75, 3.05) is 18.0 Å². The van der Waals surface area contributed by atoms with Gasteiger partial charge in [-0.2, -0.15) is 5.10 Å². The van der Waals surface area contributed by atoms with Gasteiger partial charge >= 0.3 is 6.03 Å². The lowest BCUT2D eigenvalue weighted by atomic mass is 10.0. The first kappa shape index (κ1) is 23.5. The van der Waals surface area contributed by atoms with E-state index >= 15 is 0 Å². The number of anilines is 1. The molecule has 0 aromatic heterocycles. The minimum Gasteiger partial charge on any atom is -0.351 e. The predicted molar refractivity (Wildman–Crippen MR) is 131 cm³/mol. The fourth-order valence-corrected chi connectivity index (χ4v) is 4.13. The van der Waals surface area contributed by atoms with Crippen LogP contribution < -0.4 is 16.0 Å². The highest BCUT2D eigenvalue weighted by Gasteiger charge is 2.33. The molecule has 1 aliphatic heterocycles. The van der Waals surface area contributed by atoms with Gasteiger partial charge in [-0.3, -0.25) is 14.7 Å². The van der Waals surface area contributed by atoms with E-state index in [0.717, 1.165) is 30.8 Å². The Balaban J connectivity index is 1.60. The number of carbonyl (C=O) groups is 2. The van der Waals surface area contributed by atoms with Gasteiger partial charge in [-0.1, -0.05) is 48.0 Å². The molecule has 7 nitrogen and oxygen atoms in total. The van der Waals surface area contributed by atoms with Crippen LogP contribution in [0.15, 0.2) is 83.8 Å². The quantitative estimate of drug-likeness (QED) is 0.643. The third-order valence-corrected chi connectivity index (χ3v) is 5.90. The maximum Gasteiger partial charge on any atom is 0.320 e. The van der Waals surface area contributed by atoms with Crippen molar-refractivity contribution in [2.24, 2.45) is 10.8 Å². The smallest absolute Gasteiger partial charge is 0.320 e. The summed E-state index contributed by atoms with van der Waals surface area (Å²) in [5.41, 5.74) is 7.09. The second-order valence-corrected chi connectivity index (χ2v) is 8.49. The van der Waals surface area contributed by atoms with Gasteiger partial charge in [0.15, 0.2) is 0 Å². The number of hydrogen-bond donors (Lipinski definition) is 2. The number of hydrogen-bond acceptors (Lipinski definition) is 4. The van der Waals surface area contributed by atoms with Gasteiger partial charge in [0, 0.05) is 23.8 Å². The van der Waals surface area contributed by atoms with Gasteiger partial charge < -0.3 is 11.1 Å². The zero-order valence-corrected chi connectivity index (χ0v) is 19.2. The van der Waals surface area contributed by atoms with Crippen LogP contribution in [0.4, 0.5) is 14.9 Å². The molecular formula is C25H25ClFN5O2. The summed E-state index contributed by atoms with van der Waals surface area (Å²) >= 11 is 5.98. The van der Waals surface area contributed by atoms with E-state index in [9.17, 15) is 14.0 Å². The molecule has 2 aliphatic rings. The molecule has 3 amide bonds. The van der Waals surface area contributed by atoms with Crippen LogP contribution in [0.1, 0.15) is 24.4 Å². The molecule has 176 valence electrons. The Labute approximate surface area is 202 Å². The Morgan fingerprint density at radius 1 is 1.12 bits per heavy atom. The van der Waals surface area contributed by atoms with Crippen LogP contribution in [0.5, 0.6) is 0 Å². The second kappa shape index (κ2) is 10.5. The molecule has 0 bridgehead atoms. The monoisotopic (exact) mass is 481 g/mol. The maximum atomic E-state index is 14.9. The largest absolute Gasteiger partial charge is 0.351 e. The van der Waals surface area contributed by atoms with Crippen molar-refractivity contribution in [2.45, 2.75) is 24.9 Å². The number of hydrazone groups is 1. The van der Waals surface area contributed by atoms with E-state index in [0.29, 0.717) is 22.0 Å². The minimum atomic E-state index is -1.12. The molecule has 2 aromatic carbocycles. The van der Waals surface area contributed by atoms with Crippen LogP contribution in [-0.2, 0) is 4.79 Å². The molecule has 1 saturated heterocycles. The van der Waals surface area contributed by atoms with E-state index in [1.54, 1.807) is 66.7 Å². The number of nitrogens with two attached hydrogens (primary N) is 1.